The highest BCUT2D eigenvalue weighted by molar-refractivity contribution is 6.34. The van der Waals surface area contributed by atoms with E-state index in [1.54, 1.807) is 0 Å². The van der Waals surface area contributed by atoms with Crippen LogP contribution < -0.4 is 5.32 Å². The first-order valence-electron chi connectivity index (χ1n) is 7.24. The molecule has 0 aliphatic carbocycles. The molecule has 0 saturated heterocycles. The Kier molecular flexibility index (Phi) is 4.97. The SMILES string of the molecule is O=C(O)c1ccc(Cl)c(NC(=O)c2ccc(-c3ccc(F)c(Cl)c3)o2)c1. The molecule has 0 fully saturated rings. The van der Waals surface area contributed by atoms with Crippen molar-refractivity contribution < 1.29 is 23.5 Å². The Balaban J connectivity index is 1.83. The van der Waals surface area contributed by atoms with E-state index in [2.05, 4.69) is 5.32 Å². The summed E-state index contributed by atoms with van der Waals surface area (Å²) in [6.45, 7) is 0. The van der Waals surface area contributed by atoms with Crippen molar-refractivity contribution in [3.63, 3.8) is 0 Å². The van der Waals surface area contributed by atoms with Gasteiger partial charge in [-0.1, -0.05) is 23.2 Å². The number of carboxylic acids is 1. The summed E-state index contributed by atoms with van der Waals surface area (Å²) in [4.78, 5) is 23.3. The maximum atomic E-state index is 13.2. The van der Waals surface area contributed by atoms with Gasteiger partial charge in [0.25, 0.3) is 5.91 Å². The number of hydrogen-bond acceptors (Lipinski definition) is 3. The van der Waals surface area contributed by atoms with Crippen LogP contribution in [0.3, 0.4) is 0 Å². The summed E-state index contributed by atoms with van der Waals surface area (Å²) in [5, 5.41) is 11.6. The standard InChI is InChI=1S/C18H10Cl2FNO4/c19-11-3-1-10(18(24)25)8-14(11)22-17(23)16-6-5-15(26-16)9-2-4-13(21)12(20)7-9/h1-8H,(H,22,23)(H,24,25). The summed E-state index contributed by atoms with van der Waals surface area (Å²) in [5.74, 6) is -2.04. The van der Waals surface area contributed by atoms with Crippen LogP contribution in [0.5, 0.6) is 0 Å². The van der Waals surface area contributed by atoms with Crippen molar-refractivity contribution >= 4 is 40.8 Å². The summed E-state index contributed by atoms with van der Waals surface area (Å²) in [6, 6.07) is 10.9. The number of benzene rings is 2. The van der Waals surface area contributed by atoms with Crippen LogP contribution in [-0.2, 0) is 0 Å². The molecule has 2 aromatic carbocycles. The van der Waals surface area contributed by atoms with Gasteiger partial charge in [0.05, 0.1) is 21.3 Å². The second-order valence-electron chi connectivity index (χ2n) is 5.25. The number of anilines is 1. The summed E-state index contributed by atoms with van der Waals surface area (Å²) in [7, 11) is 0. The lowest BCUT2D eigenvalue weighted by Gasteiger charge is -2.07. The maximum absolute atomic E-state index is 13.2. The molecule has 26 heavy (non-hydrogen) atoms. The molecule has 0 spiro atoms. The average molecular weight is 394 g/mol. The molecule has 1 amide bonds. The van der Waals surface area contributed by atoms with Crippen LogP contribution in [0, 0.1) is 5.82 Å². The molecule has 0 atom stereocenters. The highest BCUT2D eigenvalue weighted by Gasteiger charge is 2.16. The third-order valence-electron chi connectivity index (χ3n) is 3.50. The molecule has 1 heterocycles. The Labute approximate surface area is 157 Å². The van der Waals surface area contributed by atoms with E-state index in [1.807, 2.05) is 0 Å². The number of carbonyl (C=O) groups excluding carboxylic acids is 1. The van der Waals surface area contributed by atoms with Crippen molar-refractivity contribution in [3.05, 3.63) is 75.7 Å². The molecular formula is C18H10Cl2FNO4. The molecule has 2 N–H and O–H groups in total. The van der Waals surface area contributed by atoms with Gasteiger partial charge in [-0.05, 0) is 48.5 Å². The minimum atomic E-state index is -1.15. The Morgan fingerprint density at radius 3 is 2.46 bits per heavy atom. The van der Waals surface area contributed by atoms with E-state index in [0.717, 1.165) is 0 Å². The average Bonchev–Trinajstić information content (AvgIpc) is 3.09. The van der Waals surface area contributed by atoms with Crippen molar-refractivity contribution in [2.75, 3.05) is 5.32 Å². The van der Waals surface area contributed by atoms with E-state index in [0.29, 0.717) is 11.3 Å². The van der Waals surface area contributed by atoms with E-state index >= 15 is 0 Å². The van der Waals surface area contributed by atoms with Gasteiger partial charge in [-0.15, -0.1) is 0 Å². The number of rotatable bonds is 4. The van der Waals surface area contributed by atoms with E-state index in [1.165, 1.54) is 48.5 Å². The number of aromatic carboxylic acids is 1. The molecule has 0 unspecified atom stereocenters. The molecule has 3 aromatic rings. The Morgan fingerprint density at radius 2 is 1.77 bits per heavy atom. The highest BCUT2D eigenvalue weighted by Crippen LogP contribution is 2.28. The Bertz CT molecular complexity index is 1020. The molecule has 0 aliphatic rings. The van der Waals surface area contributed by atoms with Crippen LogP contribution in [0.4, 0.5) is 10.1 Å². The number of halogens is 3. The van der Waals surface area contributed by atoms with Crippen LogP contribution in [-0.4, -0.2) is 17.0 Å². The quantitative estimate of drug-likeness (QED) is 0.626. The van der Waals surface area contributed by atoms with Gasteiger partial charge in [0.1, 0.15) is 11.6 Å². The van der Waals surface area contributed by atoms with E-state index in [-0.39, 0.29) is 27.1 Å². The lowest BCUT2D eigenvalue weighted by atomic mass is 10.2. The zero-order chi connectivity index (χ0) is 18.8. The lowest BCUT2D eigenvalue weighted by Crippen LogP contribution is -2.12. The largest absolute Gasteiger partial charge is 0.478 e. The second-order valence-corrected chi connectivity index (χ2v) is 6.06. The fraction of sp³-hybridized carbons (Fsp3) is 0. The van der Waals surface area contributed by atoms with Gasteiger partial charge in [-0.3, -0.25) is 4.79 Å². The third kappa shape index (κ3) is 3.71. The number of amides is 1. The molecule has 8 heteroatoms. The topological polar surface area (TPSA) is 79.5 Å². The minimum absolute atomic E-state index is 0.0224. The van der Waals surface area contributed by atoms with Crippen LogP contribution in [0.2, 0.25) is 10.0 Å². The summed E-state index contributed by atoms with van der Waals surface area (Å²) >= 11 is 11.7. The predicted octanol–water partition coefficient (Wildman–Crippen LogP) is 5.34. The summed E-state index contributed by atoms with van der Waals surface area (Å²) < 4.78 is 18.7. The van der Waals surface area contributed by atoms with Gasteiger partial charge in [-0.2, -0.15) is 0 Å². The molecule has 5 nitrogen and oxygen atoms in total. The fourth-order valence-electron chi connectivity index (χ4n) is 2.20. The Hall–Kier alpha value is -2.83. The van der Waals surface area contributed by atoms with Gasteiger partial charge < -0.3 is 14.8 Å². The molecule has 3 rings (SSSR count). The zero-order valence-electron chi connectivity index (χ0n) is 12.9. The summed E-state index contributed by atoms with van der Waals surface area (Å²) in [6.07, 6.45) is 0. The second kappa shape index (κ2) is 7.19. The van der Waals surface area contributed by atoms with Gasteiger partial charge >= 0.3 is 5.97 Å². The third-order valence-corrected chi connectivity index (χ3v) is 4.11. The van der Waals surface area contributed by atoms with Crippen LogP contribution >= 0.6 is 23.2 Å². The van der Waals surface area contributed by atoms with Crippen molar-refractivity contribution in [3.8, 4) is 11.3 Å². The first-order chi connectivity index (χ1) is 12.3. The molecule has 0 radical (unpaired) electrons. The maximum Gasteiger partial charge on any atom is 0.335 e. The predicted molar refractivity (Wildman–Crippen MR) is 95.5 cm³/mol. The molecule has 0 aliphatic heterocycles. The number of nitrogens with one attached hydrogen (secondary N) is 1. The van der Waals surface area contributed by atoms with Gasteiger partial charge in [0.15, 0.2) is 5.76 Å². The smallest absolute Gasteiger partial charge is 0.335 e. The molecule has 0 saturated carbocycles. The first kappa shape index (κ1) is 18.0. The van der Waals surface area contributed by atoms with Crippen LogP contribution in [0.25, 0.3) is 11.3 Å². The van der Waals surface area contributed by atoms with E-state index < -0.39 is 17.7 Å². The Morgan fingerprint density at radius 1 is 1.00 bits per heavy atom. The lowest BCUT2D eigenvalue weighted by molar-refractivity contribution is 0.0696. The van der Waals surface area contributed by atoms with Crippen molar-refractivity contribution in [1.82, 2.24) is 0 Å². The van der Waals surface area contributed by atoms with E-state index in [9.17, 15) is 14.0 Å². The number of furan rings is 1. The minimum Gasteiger partial charge on any atom is -0.478 e. The van der Waals surface area contributed by atoms with Crippen LogP contribution in [0.15, 0.2) is 52.9 Å². The molecule has 132 valence electrons. The van der Waals surface area contributed by atoms with Crippen molar-refractivity contribution in [1.29, 1.82) is 0 Å². The number of carbonyl (C=O) groups is 2. The van der Waals surface area contributed by atoms with Crippen LogP contribution in [0.1, 0.15) is 20.9 Å². The first-order valence-corrected chi connectivity index (χ1v) is 8.00. The van der Waals surface area contributed by atoms with Gasteiger partial charge in [0.2, 0.25) is 0 Å². The number of hydrogen-bond donors (Lipinski definition) is 2. The number of carboxylic acid groups (broad SMARTS) is 1. The fourth-order valence-corrected chi connectivity index (χ4v) is 2.55. The van der Waals surface area contributed by atoms with Gasteiger partial charge in [-0.25, -0.2) is 9.18 Å². The summed E-state index contributed by atoms with van der Waals surface area (Å²) in [5.41, 5.74) is 0.617. The van der Waals surface area contributed by atoms with Crippen molar-refractivity contribution in [2.24, 2.45) is 0 Å². The molecule has 0 bridgehead atoms. The van der Waals surface area contributed by atoms with E-state index in [4.69, 9.17) is 32.7 Å². The normalized spacial score (nSPS) is 10.6. The molecule has 1 aromatic heterocycles. The monoisotopic (exact) mass is 393 g/mol. The highest BCUT2D eigenvalue weighted by atomic mass is 35.5. The zero-order valence-corrected chi connectivity index (χ0v) is 14.4. The molecular weight excluding hydrogens is 384 g/mol. The van der Waals surface area contributed by atoms with Gasteiger partial charge in [0, 0.05) is 5.56 Å². The van der Waals surface area contributed by atoms with Crippen molar-refractivity contribution in [2.45, 2.75) is 0 Å².